The normalized spacial score (nSPS) is 18.9. The van der Waals surface area contributed by atoms with Crippen molar-refractivity contribution in [3.8, 4) is 0 Å². The predicted molar refractivity (Wildman–Crippen MR) is 151 cm³/mol. The second kappa shape index (κ2) is 24.4. The summed E-state index contributed by atoms with van der Waals surface area (Å²) in [5, 5.41) is 2.43. The second-order valence-corrected chi connectivity index (χ2v) is 15.7. The number of hydrogen-bond acceptors (Lipinski definition) is 8. The van der Waals surface area contributed by atoms with Gasteiger partial charge in [-0.25, -0.2) is 0 Å². The zero-order valence-corrected chi connectivity index (χ0v) is 32.5. The van der Waals surface area contributed by atoms with Gasteiger partial charge >= 0.3 is 37.7 Å². The molecule has 0 aliphatic rings. The Hall–Kier alpha value is 5.32. The van der Waals surface area contributed by atoms with Crippen LogP contribution >= 0.6 is 143 Å². The Morgan fingerprint density at radius 2 is 0.710 bits per heavy atom. The van der Waals surface area contributed by atoms with Gasteiger partial charge in [-0.15, -0.1) is 0 Å². The Balaban J connectivity index is -0.000000490. The van der Waals surface area contributed by atoms with Gasteiger partial charge in [0, 0.05) is 40.6 Å². The molecule has 0 radical (unpaired) electrons. The zero-order chi connectivity index (χ0) is 23.8. The molecule has 184 valence electrons. The van der Waals surface area contributed by atoms with Gasteiger partial charge in [0.2, 0.25) is 0 Å². The molecule has 0 aromatic rings. The average molecular weight is 1030 g/mol. The zero-order valence-electron chi connectivity index (χ0n) is 15.9. The first kappa shape index (κ1) is 40.8. The average Bonchev–Trinajstić information content (AvgIpc) is 2.72. The summed E-state index contributed by atoms with van der Waals surface area (Å²) in [6.07, 6.45) is 0. The molecule has 0 aromatic heterocycles. The minimum absolute atomic E-state index is 0. The van der Waals surface area contributed by atoms with Crippen LogP contribution in [0.1, 0.15) is 0 Å². The van der Waals surface area contributed by atoms with Crippen LogP contribution in [0.2, 0.25) is 0 Å². The topological polar surface area (TPSA) is 117 Å². The van der Waals surface area contributed by atoms with Gasteiger partial charge in [0.15, 0.2) is 0 Å². The third kappa shape index (κ3) is 28.2. The molecule has 31 heavy (non-hydrogen) atoms. The first-order valence-corrected chi connectivity index (χ1v) is 18.9. The van der Waals surface area contributed by atoms with Crippen molar-refractivity contribution in [2.45, 2.75) is 19.3 Å². The van der Waals surface area contributed by atoms with E-state index >= 15 is 0 Å². The fraction of sp³-hybridized carbons (Fsp3) is 1.00. The first-order valence-electron chi connectivity index (χ1n) is 7.82. The Bertz CT molecular complexity index is 449. The third-order valence-electron chi connectivity index (χ3n) is 2.32. The molecule has 0 saturated heterocycles. The fourth-order valence-electron chi connectivity index (χ4n) is 0.941. The molecule has 0 N–H and O–H groups in total. The predicted octanol–water partition coefficient (Wildman–Crippen LogP) is 5.23. The van der Waals surface area contributed by atoms with Crippen molar-refractivity contribution in [1.29, 1.82) is 0 Å². The van der Waals surface area contributed by atoms with Crippen molar-refractivity contribution in [2.24, 2.45) is 0 Å². The Labute approximate surface area is 280 Å². The number of alkyl halides is 8. The van der Waals surface area contributed by atoms with Gasteiger partial charge < -0.3 is 27.9 Å². The number of halogens is 8. The van der Waals surface area contributed by atoms with E-state index in [4.69, 9.17) is 0 Å². The maximum Gasteiger partial charge on any atom is 2.00 e. The quantitative estimate of drug-likeness (QED) is 0.117. The molecule has 0 rings (SSSR count). The van der Waals surface area contributed by atoms with Crippen LogP contribution in [-0.2, 0) is 27.2 Å². The summed E-state index contributed by atoms with van der Waals surface area (Å²) in [5.74, 6) is 0. The van der Waals surface area contributed by atoms with E-state index in [-0.39, 0.29) is 83.5 Å². The van der Waals surface area contributed by atoms with E-state index in [1.165, 1.54) is 0 Å². The van der Waals surface area contributed by atoms with Crippen molar-refractivity contribution in [3.63, 3.8) is 0 Å². The number of rotatable bonds is 16. The minimum Gasteiger partial charge on any atom is -0.756 e. The van der Waals surface area contributed by atoms with Gasteiger partial charge in [-0.3, -0.25) is 9.13 Å². The van der Waals surface area contributed by atoms with Crippen LogP contribution in [-0.4, -0.2) is 105 Å². The maximum absolute atomic E-state index is 11.2. The van der Waals surface area contributed by atoms with Crippen molar-refractivity contribution in [1.82, 2.24) is 0 Å². The Morgan fingerprint density at radius 3 is 0.839 bits per heavy atom. The SMILES string of the molecule is O=P([O-])(OCC(Br)CBr)OCC(Br)CBr.O=P([O-])(OCC(Br)CBr)OCC(Br)CBr.[Ca+2]. The van der Waals surface area contributed by atoms with Gasteiger partial charge in [-0.05, 0) is 0 Å². The summed E-state index contributed by atoms with van der Waals surface area (Å²) in [5.41, 5.74) is 0. The summed E-state index contributed by atoms with van der Waals surface area (Å²) in [6.45, 7) is 0.196. The van der Waals surface area contributed by atoms with Crippen molar-refractivity contribution in [2.75, 3.05) is 47.7 Å². The summed E-state index contributed by atoms with van der Waals surface area (Å²) < 4.78 is 40.9. The van der Waals surface area contributed by atoms with E-state index in [1.54, 1.807) is 0 Å². The van der Waals surface area contributed by atoms with E-state index in [1.807, 2.05) is 0 Å². The van der Waals surface area contributed by atoms with Crippen LogP contribution in [0.5, 0.6) is 0 Å². The molecule has 0 bridgehead atoms. The van der Waals surface area contributed by atoms with Gasteiger partial charge in [-0.2, -0.15) is 0 Å². The molecule has 0 heterocycles. The van der Waals surface area contributed by atoms with Gasteiger partial charge in [0.05, 0.1) is 26.4 Å². The Morgan fingerprint density at radius 1 is 0.548 bits per heavy atom. The first-order chi connectivity index (χ1) is 13.8. The van der Waals surface area contributed by atoms with Gasteiger partial charge in [0.25, 0.3) is 15.6 Å². The molecule has 0 aromatic carbocycles. The van der Waals surface area contributed by atoms with Gasteiger partial charge in [-0.1, -0.05) is 127 Å². The molecule has 4 atom stereocenters. The van der Waals surface area contributed by atoms with E-state index in [0.717, 1.165) is 0 Å². The molecule has 0 spiro atoms. The Kier molecular flexibility index (Phi) is 32.1. The summed E-state index contributed by atoms with van der Waals surface area (Å²) in [4.78, 5) is 22.1. The monoisotopic (exact) mass is 1030 g/mol. The van der Waals surface area contributed by atoms with Crippen molar-refractivity contribution in [3.05, 3.63) is 0 Å². The van der Waals surface area contributed by atoms with Crippen molar-refractivity contribution >= 4 is 181 Å². The molecule has 0 saturated carbocycles. The van der Waals surface area contributed by atoms with E-state index < -0.39 is 15.6 Å². The molecule has 19 heteroatoms. The van der Waals surface area contributed by atoms with Gasteiger partial charge in [0.1, 0.15) is 0 Å². The largest absolute Gasteiger partial charge is 2.00 e. The second-order valence-electron chi connectivity index (χ2n) is 5.08. The number of hydrogen-bond donors (Lipinski definition) is 0. The molecule has 8 nitrogen and oxygen atoms in total. The smallest absolute Gasteiger partial charge is 0.756 e. The summed E-state index contributed by atoms with van der Waals surface area (Å²) in [7, 11) is -8.36. The molecule has 0 fully saturated rings. The maximum atomic E-state index is 11.2. The summed E-state index contributed by atoms with van der Waals surface area (Å²) >= 11 is 25.6. The van der Waals surface area contributed by atoms with Crippen LogP contribution < -0.4 is 9.79 Å². The van der Waals surface area contributed by atoms with E-state index in [0.29, 0.717) is 21.3 Å². The third-order valence-corrected chi connectivity index (χ3v) is 13.1. The summed E-state index contributed by atoms with van der Waals surface area (Å²) in [6, 6.07) is 0. The standard InChI is InChI=1S/2C6H11Br4O4P.Ca/c2*7-1-5(9)3-13-15(11,12)14-4-6(10)2-8;/h2*5-6H,1-4H2,(H,11,12);/q;;+2/p-2. The molecule has 0 aliphatic heterocycles. The number of phosphoric ester groups is 2. The molecular formula is C12H20Br8CaO8P2. The van der Waals surface area contributed by atoms with Crippen LogP contribution in [0.3, 0.4) is 0 Å². The van der Waals surface area contributed by atoms with E-state index in [9.17, 15) is 18.9 Å². The van der Waals surface area contributed by atoms with E-state index in [2.05, 4.69) is 146 Å². The van der Waals surface area contributed by atoms with Crippen LogP contribution in [0.25, 0.3) is 0 Å². The minimum atomic E-state index is -4.18. The van der Waals surface area contributed by atoms with Crippen molar-refractivity contribution < 1.29 is 37.0 Å². The molecule has 0 aliphatic carbocycles. The van der Waals surface area contributed by atoms with Crippen LogP contribution in [0.15, 0.2) is 0 Å². The number of phosphoric acid groups is 2. The molecular weight excluding hydrogens is 1010 g/mol. The molecule has 4 unspecified atom stereocenters. The van der Waals surface area contributed by atoms with Crippen LogP contribution in [0, 0.1) is 0 Å². The fourth-order valence-corrected chi connectivity index (χ4v) is 4.63. The molecule has 0 amide bonds. The van der Waals surface area contributed by atoms with Crippen LogP contribution in [0.4, 0.5) is 0 Å².